The van der Waals surface area contributed by atoms with E-state index in [1.165, 1.54) is 0 Å². The third-order valence-electron chi connectivity index (χ3n) is 2.85. The van der Waals surface area contributed by atoms with Crippen molar-refractivity contribution in [2.75, 3.05) is 0 Å². The van der Waals surface area contributed by atoms with Crippen LogP contribution in [-0.2, 0) is 11.1 Å². The summed E-state index contributed by atoms with van der Waals surface area (Å²) in [5.41, 5.74) is 0.782. The number of hydrogen-bond acceptors (Lipinski definition) is 3. The number of para-hydroxylation sites is 1. The first-order valence-corrected chi connectivity index (χ1v) is 7.07. The molecule has 0 aliphatic carbocycles. The van der Waals surface area contributed by atoms with E-state index in [1.807, 2.05) is 30.3 Å². The molecule has 0 radical (unpaired) electrons. The number of fused-ring (bicyclic) bond motifs is 1. The van der Waals surface area contributed by atoms with Gasteiger partial charge in [0.15, 0.2) is 16.8 Å². The summed E-state index contributed by atoms with van der Waals surface area (Å²) in [4.78, 5) is 4.65. The van der Waals surface area contributed by atoms with Gasteiger partial charge in [-0.1, -0.05) is 18.2 Å². The van der Waals surface area contributed by atoms with Crippen molar-refractivity contribution in [3.63, 3.8) is 0 Å². The number of ether oxygens (including phenoxy) is 1. The summed E-state index contributed by atoms with van der Waals surface area (Å²) < 4.78 is 25.7. The maximum atomic E-state index is 10.9. The van der Waals surface area contributed by atoms with Crippen LogP contribution in [-0.4, -0.2) is 13.7 Å². The van der Waals surface area contributed by atoms with Crippen LogP contribution in [0.1, 0.15) is 0 Å². The van der Waals surface area contributed by atoms with Gasteiger partial charge >= 0.3 is 0 Å². The Kier molecular flexibility index (Phi) is 3.45. The van der Waals surface area contributed by atoms with E-state index in [-0.39, 0.29) is 0 Å². The molecule has 1 aromatic heterocycles. The Hall–Kier alpha value is -2.24. The highest BCUT2D eigenvalue weighted by atomic mass is 32.2. The molecule has 0 bridgehead atoms. The zero-order valence-electron chi connectivity index (χ0n) is 10.4. The molecule has 5 heteroatoms. The summed E-state index contributed by atoms with van der Waals surface area (Å²) in [5, 5.41) is 0.998. The van der Waals surface area contributed by atoms with E-state index >= 15 is 0 Å². The van der Waals surface area contributed by atoms with Gasteiger partial charge in [0.2, 0.25) is 0 Å². The zero-order valence-corrected chi connectivity index (χ0v) is 11.2. The SMILES string of the molecule is O=S(O)c1ccc(Oc2cccc3cccnc23)cc1. The van der Waals surface area contributed by atoms with Crippen LogP contribution in [0.25, 0.3) is 10.9 Å². The van der Waals surface area contributed by atoms with Gasteiger partial charge in [-0.15, -0.1) is 0 Å². The van der Waals surface area contributed by atoms with Gasteiger partial charge in [-0.05, 0) is 36.4 Å². The van der Waals surface area contributed by atoms with Crippen molar-refractivity contribution in [1.82, 2.24) is 4.98 Å². The third-order valence-corrected chi connectivity index (χ3v) is 3.52. The molecular formula is C15H11NO3S. The normalized spacial score (nSPS) is 12.2. The second-order valence-electron chi connectivity index (χ2n) is 4.15. The van der Waals surface area contributed by atoms with Gasteiger partial charge in [0, 0.05) is 11.6 Å². The molecule has 1 N–H and O–H groups in total. The lowest BCUT2D eigenvalue weighted by Gasteiger charge is -2.08. The fourth-order valence-electron chi connectivity index (χ4n) is 1.91. The Morgan fingerprint density at radius 3 is 2.50 bits per heavy atom. The number of pyridine rings is 1. The van der Waals surface area contributed by atoms with Crippen molar-refractivity contribution in [3.8, 4) is 11.5 Å². The van der Waals surface area contributed by atoms with Gasteiger partial charge in [-0.25, -0.2) is 4.21 Å². The Balaban J connectivity index is 1.95. The maximum Gasteiger partial charge on any atom is 0.186 e. The second kappa shape index (κ2) is 5.40. The fraction of sp³-hybridized carbons (Fsp3) is 0. The molecule has 1 unspecified atom stereocenters. The molecule has 3 aromatic rings. The Labute approximate surface area is 118 Å². The van der Waals surface area contributed by atoms with Crippen LogP contribution >= 0.6 is 0 Å². The zero-order chi connectivity index (χ0) is 13.9. The third kappa shape index (κ3) is 2.54. The first-order valence-electron chi connectivity index (χ1n) is 5.96. The first-order chi connectivity index (χ1) is 9.74. The van der Waals surface area contributed by atoms with Crippen LogP contribution in [0.4, 0.5) is 0 Å². The largest absolute Gasteiger partial charge is 0.455 e. The summed E-state index contributed by atoms with van der Waals surface area (Å²) in [5.74, 6) is 1.25. The molecule has 3 rings (SSSR count). The highest BCUT2D eigenvalue weighted by Gasteiger charge is 2.05. The number of rotatable bonds is 3. The minimum absolute atomic E-state index is 0.341. The highest BCUT2D eigenvalue weighted by molar-refractivity contribution is 7.79. The van der Waals surface area contributed by atoms with Crippen LogP contribution in [0.5, 0.6) is 11.5 Å². The predicted octanol–water partition coefficient (Wildman–Crippen LogP) is 3.61. The van der Waals surface area contributed by atoms with E-state index in [4.69, 9.17) is 9.29 Å². The molecular weight excluding hydrogens is 274 g/mol. The number of nitrogens with zero attached hydrogens (tertiary/aromatic N) is 1. The first kappa shape index (κ1) is 12.8. The van der Waals surface area contributed by atoms with Crippen LogP contribution in [0.2, 0.25) is 0 Å². The molecule has 0 saturated carbocycles. The lowest BCUT2D eigenvalue weighted by atomic mass is 10.2. The minimum atomic E-state index is -1.97. The molecule has 20 heavy (non-hydrogen) atoms. The lowest BCUT2D eigenvalue weighted by Crippen LogP contribution is -1.90. The Morgan fingerprint density at radius 1 is 1.00 bits per heavy atom. The quantitative estimate of drug-likeness (QED) is 0.747. The Morgan fingerprint density at radius 2 is 1.75 bits per heavy atom. The summed E-state index contributed by atoms with van der Waals surface area (Å²) in [6.45, 7) is 0. The monoisotopic (exact) mass is 285 g/mol. The molecule has 0 aliphatic rings. The average molecular weight is 285 g/mol. The standard InChI is InChI=1S/C15H11NO3S/c17-20(18)13-8-6-12(7-9-13)19-14-5-1-3-11-4-2-10-16-15(11)14/h1-10H,(H,17,18). The van der Waals surface area contributed by atoms with Gasteiger partial charge in [-0.3, -0.25) is 4.98 Å². The van der Waals surface area contributed by atoms with Gasteiger partial charge in [0.05, 0.1) is 4.90 Å². The van der Waals surface area contributed by atoms with Crippen molar-refractivity contribution in [3.05, 3.63) is 60.8 Å². The minimum Gasteiger partial charge on any atom is -0.455 e. The summed E-state index contributed by atoms with van der Waals surface area (Å²) in [6, 6.07) is 16.0. The van der Waals surface area contributed by atoms with E-state index in [9.17, 15) is 4.21 Å². The second-order valence-corrected chi connectivity index (χ2v) is 5.12. The van der Waals surface area contributed by atoms with Crippen molar-refractivity contribution in [2.24, 2.45) is 0 Å². The van der Waals surface area contributed by atoms with Crippen molar-refractivity contribution in [2.45, 2.75) is 4.90 Å². The number of aromatic nitrogens is 1. The van der Waals surface area contributed by atoms with E-state index < -0.39 is 11.1 Å². The molecule has 0 saturated heterocycles. The average Bonchev–Trinajstić information content (AvgIpc) is 2.48. The van der Waals surface area contributed by atoms with Gasteiger partial charge in [0.1, 0.15) is 11.3 Å². The molecule has 100 valence electrons. The molecule has 0 fully saturated rings. The molecule has 1 heterocycles. The van der Waals surface area contributed by atoms with Crippen molar-refractivity contribution in [1.29, 1.82) is 0 Å². The molecule has 4 nitrogen and oxygen atoms in total. The van der Waals surface area contributed by atoms with Gasteiger partial charge in [-0.2, -0.15) is 0 Å². The molecule has 0 aliphatic heterocycles. The van der Waals surface area contributed by atoms with Crippen molar-refractivity contribution >= 4 is 22.0 Å². The van der Waals surface area contributed by atoms with E-state index in [0.29, 0.717) is 16.4 Å². The van der Waals surface area contributed by atoms with Gasteiger partial charge < -0.3 is 9.29 Å². The van der Waals surface area contributed by atoms with E-state index in [2.05, 4.69) is 4.98 Å². The molecule has 0 amide bonds. The van der Waals surface area contributed by atoms with Crippen LogP contribution < -0.4 is 4.74 Å². The fourth-order valence-corrected chi connectivity index (χ4v) is 2.28. The van der Waals surface area contributed by atoms with E-state index in [1.54, 1.807) is 30.5 Å². The number of benzene rings is 2. The maximum absolute atomic E-state index is 10.9. The summed E-state index contributed by atoms with van der Waals surface area (Å²) in [6.07, 6.45) is 1.72. The highest BCUT2D eigenvalue weighted by Crippen LogP contribution is 2.28. The van der Waals surface area contributed by atoms with Crippen LogP contribution in [0.15, 0.2) is 65.7 Å². The molecule has 0 spiro atoms. The Bertz CT molecular complexity index is 766. The van der Waals surface area contributed by atoms with Crippen LogP contribution in [0, 0.1) is 0 Å². The topological polar surface area (TPSA) is 59.4 Å². The summed E-state index contributed by atoms with van der Waals surface area (Å²) in [7, 11) is 0. The van der Waals surface area contributed by atoms with Gasteiger partial charge in [0.25, 0.3) is 0 Å². The van der Waals surface area contributed by atoms with Crippen molar-refractivity contribution < 1.29 is 13.5 Å². The molecule has 2 aromatic carbocycles. The molecule has 1 atom stereocenters. The predicted molar refractivity (Wildman–Crippen MR) is 77.3 cm³/mol. The lowest BCUT2D eigenvalue weighted by molar-refractivity contribution is 0.486. The van der Waals surface area contributed by atoms with E-state index in [0.717, 1.165) is 10.9 Å². The number of hydrogen-bond donors (Lipinski definition) is 1. The smallest absolute Gasteiger partial charge is 0.186 e. The summed E-state index contributed by atoms with van der Waals surface area (Å²) >= 11 is -1.97. The van der Waals surface area contributed by atoms with Crippen LogP contribution in [0.3, 0.4) is 0 Å².